The summed E-state index contributed by atoms with van der Waals surface area (Å²) < 4.78 is 0. The van der Waals surface area contributed by atoms with Crippen LogP contribution in [0.1, 0.15) is 99.8 Å². The molecule has 15 nitrogen and oxygen atoms in total. The van der Waals surface area contributed by atoms with E-state index in [1.807, 2.05) is 24.3 Å². The molecule has 0 radical (unpaired) electrons. The van der Waals surface area contributed by atoms with Crippen molar-refractivity contribution in [3.05, 3.63) is 95.6 Å². The Morgan fingerprint density at radius 1 is 0.831 bits per heavy atom. The summed E-state index contributed by atoms with van der Waals surface area (Å²) in [6.45, 7) is 7.20. The first-order chi connectivity index (χ1) is 28.2. The number of carboxylic acid groups (broad SMARTS) is 1. The fourth-order valence-corrected chi connectivity index (χ4v) is 7.79. The van der Waals surface area contributed by atoms with Gasteiger partial charge in [0.05, 0.1) is 12.2 Å². The molecule has 0 spiro atoms. The van der Waals surface area contributed by atoms with Crippen molar-refractivity contribution in [2.24, 2.45) is 11.3 Å². The number of Topliss-reactive ketones (excluding diaryl/α,β-unsaturated/α-hetero) is 1. The van der Waals surface area contributed by atoms with Crippen molar-refractivity contribution in [2.45, 2.75) is 122 Å². The van der Waals surface area contributed by atoms with Gasteiger partial charge >= 0.3 is 5.97 Å². The van der Waals surface area contributed by atoms with Crippen LogP contribution in [0.15, 0.2) is 73.2 Å². The molecule has 1 aliphatic heterocycles. The molecule has 1 unspecified atom stereocenters. The Bertz CT molecular complexity index is 1980. The molecule has 0 saturated heterocycles. The van der Waals surface area contributed by atoms with E-state index in [0.717, 1.165) is 30.4 Å². The molecule has 1 saturated carbocycles. The summed E-state index contributed by atoms with van der Waals surface area (Å²) in [7, 11) is 0. The van der Waals surface area contributed by atoms with Crippen LogP contribution in [0.25, 0.3) is 0 Å². The highest BCUT2D eigenvalue weighted by Crippen LogP contribution is 2.30. The Morgan fingerprint density at radius 2 is 1.51 bits per heavy atom. The second-order valence-electron chi connectivity index (χ2n) is 16.5. The van der Waals surface area contributed by atoms with Crippen molar-refractivity contribution in [3.63, 3.8) is 0 Å². The average Bonchev–Trinajstić information content (AvgIpc) is 3.23. The maximum Gasteiger partial charge on any atom is 0.326 e. The van der Waals surface area contributed by atoms with Crippen LogP contribution in [0.2, 0.25) is 0 Å². The second kappa shape index (κ2) is 20.1. The molecule has 0 bridgehead atoms. The first-order valence-electron chi connectivity index (χ1n) is 20.3. The van der Waals surface area contributed by atoms with Crippen molar-refractivity contribution >= 4 is 41.3 Å². The Morgan fingerprint density at radius 3 is 2.14 bits per heavy atom. The Kier molecular flexibility index (Phi) is 15.0. The predicted molar refractivity (Wildman–Crippen MR) is 217 cm³/mol. The van der Waals surface area contributed by atoms with Crippen molar-refractivity contribution in [3.8, 4) is 0 Å². The number of fused-ring (bicyclic) bond motifs is 1. The van der Waals surface area contributed by atoms with Crippen LogP contribution < -0.4 is 21.3 Å². The molecule has 2 heterocycles. The molecule has 3 aromatic rings. The van der Waals surface area contributed by atoms with Gasteiger partial charge in [-0.25, -0.2) is 9.78 Å². The van der Waals surface area contributed by atoms with Gasteiger partial charge in [-0.15, -0.1) is 0 Å². The van der Waals surface area contributed by atoms with Gasteiger partial charge in [0, 0.05) is 31.8 Å². The highest BCUT2D eigenvalue weighted by molar-refractivity contribution is 6.38. The molecule has 5 N–H and O–H groups in total. The molecule has 1 aromatic heterocycles. The van der Waals surface area contributed by atoms with Gasteiger partial charge < -0.3 is 31.3 Å². The van der Waals surface area contributed by atoms with Gasteiger partial charge in [-0.1, -0.05) is 108 Å². The van der Waals surface area contributed by atoms with Crippen LogP contribution in [0.3, 0.4) is 0 Å². The number of hydrogen-bond donors (Lipinski definition) is 5. The van der Waals surface area contributed by atoms with Crippen LogP contribution in [0.5, 0.6) is 0 Å². The summed E-state index contributed by atoms with van der Waals surface area (Å²) >= 11 is 0. The van der Waals surface area contributed by atoms with E-state index in [1.54, 1.807) is 58.0 Å². The normalized spacial score (nSPS) is 17.6. The van der Waals surface area contributed by atoms with E-state index < -0.39 is 76.9 Å². The third-order valence-corrected chi connectivity index (χ3v) is 11.0. The monoisotopic (exact) mass is 809 g/mol. The molecular formula is C44H55N7O8. The Balaban J connectivity index is 1.38. The lowest BCUT2D eigenvalue weighted by Crippen LogP contribution is -2.63. The summed E-state index contributed by atoms with van der Waals surface area (Å²) in [4.78, 5) is 105. The SMILES string of the molecule is CCC[C@@H](NC(=O)[C@@H]1Cc2ccccc2CN1C(=O)[C@@H](NC(=O)[C@H](NC(=O)c1cnccn1)C1CCCCC1)C(C)(C)C)C(=O)C(=O)NC(Cc1ccccc1)C(=O)O. The molecule has 1 aliphatic carbocycles. The van der Waals surface area contributed by atoms with Crippen LogP contribution in [0.4, 0.5) is 0 Å². The summed E-state index contributed by atoms with van der Waals surface area (Å²) in [5.74, 6) is -5.98. The van der Waals surface area contributed by atoms with Gasteiger partial charge in [-0.05, 0) is 47.3 Å². The molecule has 2 aliphatic rings. The minimum absolute atomic E-state index is 0.0255. The maximum atomic E-state index is 14.9. The molecule has 5 atom stereocenters. The highest BCUT2D eigenvalue weighted by atomic mass is 16.4. The van der Waals surface area contributed by atoms with Gasteiger partial charge in [0.2, 0.25) is 23.5 Å². The molecular weight excluding hydrogens is 755 g/mol. The number of benzene rings is 2. The van der Waals surface area contributed by atoms with Crippen molar-refractivity contribution in [1.29, 1.82) is 0 Å². The Labute approximate surface area is 344 Å². The number of rotatable bonds is 16. The third-order valence-electron chi connectivity index (χ3n) is 11.0. The lowest BCUT2D eigenvalue weighted by atomic mass is 9.81. The zero-order valence-corrected chi connectivity index (χ0v) is 34.1. The zero-order chi connectivity index (χ0) is 42.7. The lowest BCUT2D eigenvalue weighted by Gasteiger charge is -2.42. The zero-order valence-electron chi connectivity index (χ0n) is 34.1. The molecule has 59 heavy (non-hydrogen) atoms. The number of hydrogen-bond acceptors (Lipinski definition) is 9. The van der Waals surface area contributed by atoms with Crippen molar-refractivity contribution in [2.75, 3.05) is 0 Å². The summed E-state index contributed by atoms with van der Waals surface area (Å²) in [5, 5.41) is 20.7. The topological polar surface area (TPSA) is 217 Å². The summed E-state index contributed by atoms with van der Waals surface area (Å²) in [6.07, 6.45) is 8.86. The fraction of sp³-hybridized carbons (Fsp3) is 0.477. The first-order valence-corrected chi connectivity index (χ1v) is 20.3. The minimum Gasteiger partial charge on any atom is -0.480 e. The number of carbonyl (C=O) groups excluding carboxylic acids is 6. The van der Waals surface area contributed by atoms with E-state index in [4.69, 9.17) is 0 Å². The summed E-state index contributed by atoms with van der Waals surface area (Å²) in [5.41, 5.74) is 1.46. The largest absolute Gasteiger partial charge is 0.480 e. The number of carboxylic acids is 1. The number of ketones is 1. The predicted octanol–water partition coefficient (Wildman–Crippen LogP) is 3.31. The molecule has 15 heteroatoms. The number of nitrogens with one attached hydrogen (secondary N) is 4. The van der Waals surface area contributed by atoms with E-state index >= 15 is 0 Å². The van der Waals surface area contributed by atoms with Crippen LogP contribution >= 0.6 is 0 Å². The lowest BCUT2D eigenvalue weighted by molar-refractivity contribution is -0.148. The molecule has 2 aromatic carbocycles. The summed E-state index contributed by atoms with van der Waals surface area (Å²) in [6, 6.07) is 10.1. The number of amides is 5. The quantitative estimate of drug-likeness (QED) is 0.133. The van der Waals surface area contributed by atoms with Gasteiger partial charge in [0.1, 0.15) is 29.9 Å². The molecule has 1 fully saturated rings. The van der Waals surface area contributed by atoms with Gasteiger partial charge in [0.25, 0.3) is 11.8 Å². The number of nitrogens with zero attached hydrogens (tertiary/aromatic N) is 3. The van der Waals surface area contributed by atoms with Crippen LogP contribution in [-0.2, 0) is 48.2 Å². The van der Waals surface area contributed by atoms with E-state index in [-0.39, 0.29) is 37.4 Å². The number of carbonyl (C=O) groups is 7. The fourth-order valence-electron chi connectivity index (χ4n) is 7.79. The maximum absolute atomic E-state index is 14.9. The van der Waals surface area contributed by atoms with E-state index in [0.29, 0.717) is 24.8 Å². The van der Waals surface area contributed by atoms with Crippen LogP contribution in [-0.4, -0.2) is 91.5 Å². The van der Waals surface area contributed by atoms with E-state index in [1.165, 1.54) is 23.5 Å². The van der Waals surface area contributed by atoms with Crippen molar-refractivity contribution < 1.29 is 38.7 Å². The number of aliphatic carboxylic acids is 1. The smallest absolute Gasteiger partial charge is 0.326 e. The van der Waals surface area contributed by atoms with E-state index in [9.17, 15) is 38.7 Å². The van der Waals surface area contributed by atoms with Crippen molar-refractivity contribution in [1.82, 2.24) is 36.1 Å². The Hall–Kier alpha value is -5.99. The van der Waals surface area contributed by atoms with Gasteiger partial charge in [-0.3, -0.25) is 33.8 Å². The van der Waals surface area contributed by atoms with E-state index in [2.05, 4.69) is 31.2 Å². The number of aromatic nitrogens is 2. The highest BCUT2D eigenvalue weighted by Gasteiger charge is 2.44. The molecule has 314 valence electrons. The third kappa shape index (κ3) is 11.6. The van der Waals surface area contributed by atoms with Gasteiger partial charge in [-0.2, -0.15) is 0 Å². The second-order valence-corrected chi connectivity index (χ2v) is 16.5. The minimum atomic E-state index is -1.39. The molecule has 5 rings (SSSR count). The first kappa shape index (κ1) is 44.1. The molecule has 5 amide bonds. The average molecular weight is 810 g/mol. The van der Waals surface area contributed by atoms with Crippen LogP contribution in [0, 0.1) is 11.3 Å². The van der Waals surface area contributed by atoms with Gasteiger partial charge in [0.15, 0.2) is 0 Å². The standard InChI is InChI=1S/C44H55N7O8/c1-5-14-31(36(52)41(56)48-32(43(58)59)23-27-15-8-6-9-16-27)47-39(54)34-24-29-19-12-13-20-30(29)26-51(34)42(57)37(44(2,3)4)50-40(55)35(28-17-10-7-11-18-28)49-38(53)33-25-45-21-22-46-33/h6,8-9,12-13,15-16,19-22,25,28,31-32,34-35,37H,5,7,10-11,14,17-18,23-24,26H2,1-4H3,(H,47,54)(H,48,56)(H,49,53)(H,50,55)(H,58,59)/t31-,32?,34+,35-,37-/m1/s1.